The summed E-state index contributed by atoms with van der Waals surface area (Å²) in [5, 5.41) is 43.0. The van der Waals surface area contributed by atoms with E-state index >= 15 is 0 Å². The minimum absolute atomic E-state index is 0.0215. The van der Waals surface area contributed by atoms with E-state index in [-0.39, 0.29) is 23.0 Å². The van der Waals surface area contributed by atoms with Gasteiger partial charge in [0.25, 0.3) is 0 Å². The first kappa shape index (κ1) is 34.2. The van der Waals surface area contributed by atoms with Crippen molar-refractivity contribution < 1.29 is 24.9 Å². The summed E-state index contributed by atoms with van der Waals surface area (Å²) in [6.45, 7) is 5.70. The Kier molecular flexibility index (Phi) is 11.4. The van der Waals surface area contributed by atoms with Crippen LogP contribution < -0.4 is 9.83 Å². The summed E-state index contributed by atoms with van der Waals surface area (Å²) in [4.78, 5) is 0. The second-order valence-electron chi connectivity index (χ2n) is 12.7. The molecule has 0 saturated heterocycles. The third-order valence-electron chi connectivity index (χ3n) is 9.12. The molecule has 0 aliphatic rings. The first-order chi connectivity index (χ1) is 21.6. The van der Waals surface area contributed by atoms with Crippen molar-refractivity contribution in [2.24, 2.45) is 0 Å². The van der Waals surface area contributed by atoms with Crippen molar-refractivity contribution in [1.29, 1.82) is 0 Å². The SMILES string of the molecule is CCCCP(CCCC)(CCCC)(Oc1c(Cc2ccc(O)cc2O)cc(C)cc1Cc1ccc(O)cc1O)c1ccccc1. The van der Waals surface area contributed by atoms with Crippen molar-refractivity contribution in [3.63, 3.8) is 0 Å². The molecule has 0 unspecified atom stereocenters. The normalized spacial score (nSPS) is 12.5. The average Bonchev–Trinajstić information content (AvgIpc) is 3.02. The van der Waals surface area contributed by atoms with Crippen LogP contribution in [0.4, 0.5) is 0 Å². The molecule has 4 N–H and O–H groups in total. The van der Waals surface area contributed by atoms with Crippen LogP contribution >= 0.6 is 6.83 Å². The number of rotatable bonds is 16. The molecule has 0 fully saturated rings. The third kappa shape index (κ3) is 7.94. The third-order valence-corrected chi connectivity index (χ3v) is 15.4. The molecule has 0 saturated carbocycles. The van der Waals surface area contributed by atoms with E-state index in [2.05, 4.69) is 70.2 Å². The number of phenols is 4. The Hall–Kier alpha value is -3.69. The molecular formula is C39H51O5P. The Labute approximate surface area is 269 Å². The summed E-state index contributed by atoms with van der Waals surface area (Å²) >= 11 is 0. The summed E-state index contributed by atoms with van der Waals surface area (Å²) in [5.41, 5.74) is 4.41. The number of aryl methyl sites for hydroxylation is 1. The molecule has 0 aliphatic heterocycles. The molecule has 0 aliphatic carbocycles. The molecule has 0 heterocycles. The van der Waals surface area contributed by atoms with Gasteiger partial charge in [0.05, 0.1) is 0 Å². The molecule has 0 amide bonds. The zero-order valence-corrected chi connectivity index (χ0v) is 28.3. The van der Waals surface area contributed by atoms with E-state index in [1.54, 1.807) is 24.3 Å². The van der Waals surface area contributed by atoms with E-state index in [0.717, 1.165) is 79.5 Å². The Morgan fingerprint density at radius 1 is 0.556 bits per heavy atom. The van der Waals surface area contributed by atoms with Crippen LogP contribution in [-0.2, 0) is 12.8 Å². The van der Waals surface area contributed by atoms with Gasteiger partial charge in [-0.05, 0) is 0 Å². The first-order valence-corrected chi connectivity index (χ1v) is 19.2. The molecule has 0 spiro atoms. The van der Waals surface area contributed by atoms with Crippen LogP contribution in [-0.4, -0.2) is 38.9 Å². The Morgan fingerprint density at radius 3 is 1.40 bits per heavy atom. The van der Waals surface area contributed by atoms with Crippen LogP contribution in [0.2, 0.25) is 0 Å². The van der Waals surface area contributed by atoms with Gasteiger partial charge >= 0.3 is 270 Å². The number of benzene rings is 4. The topological polar surface area (TPSA) is 90.2 Å². The van der Waals surface area contributed by atoms with Crippen molar-refractivity contribution in [3.8, 4) is 28.7 Å². The number of aromatic hydroxyl groups is 4. The molecule has 4 rings (SSSR count). The van der Waals surface area contributed by atoms with E-state index in [9.17, 15) is 20.4 Å². The van der Waals surface area contributed by atoms with E-state index in [1.807, 2.05) is 0 Å². The minimum atomic E-state index is -3.11. The summed E-state index contributed by atoms with van der Waals surface area (Å²) in [6.07, 6.45) is 10.2. The summed E-state index contributed by atoms with van der Waals surface area (Å²) in [7, 11) is 0. The molecular weight excluding hydrogens is 579 g/mol. The van der Waals surface area contributed by atoms with Gasteiger partial charge in [0, 0.05) is 0 Å². The summed E-state index contributed by atoms with van der Waals surface area (Å²) < 4.78 is 7.94. The fraction of sp³-hybridized carbons (Fsp3) is 0.385. The van der Waals surface area contributed by atoms with Crippen LogP contribution in [0.15, 0.2) is 78.9 Å². The molecule has 5 nitrogen and oxygen atoms in total. The first-order valence-electron chi connectivity index (χ1n) is 16.5. The van der Waals surface area contributed by atoms with Crippen molar-refractivity contribution in [2.45, 2.75) is 79.1 Å². The summed E-state index contributed by atoms with van der Waals surface area (Å²) in [5.74, 6) is 0.957. The average molecular weight is 631 g/mol. The Balaban J connectivity index is 2.03. The van der Waals surface area contributed by atoms with Gasteiger partial charge in [0.15, 0.2) is 0 Å². The Morgan fingerprint density at radius 2 is 1.00 bits per heavy atom. The van der Waals surface area contributed by atoms with Crippen molar-refractivity contribution in [3.05, 3.63) is 107 Å². The van der Waals surface area contributed by atoms with Gasteiger partial charge in [-0.1, -0.05) is 0 Å². The fourth-order valence-corrected chi connectivity index (χ4v) is 13.3. The molecule has 4 aromatic rings. The van der Waals surface area contributed by atoms with Crippen LogP contribution in [0.5, 0.6) is 28.7 Å². The number of unbranched alkanes of at least 4 members (excludes halogenated alkanes) is 3. The Bertz CT molecular complexity index is 1470. The standard InChI is InChI=1S/C39H51O5P/c1-5-8-20-45(21-9-6-2,22-10-7-3,36-14-12-11-13-15-36)44-39-32(25-30-16-18-34(40)27-37(30)42)23-29(4)24-33(39)26-31-17-19-35(41)28-38(31)43/h11-19,23-24,27-28,40-43H,5-10,20-22,25-26H2,1-4H3. The zero-order chi connectivity index (χ0) is 32.5. The zero-order valence-electron chi connectivity index (χ0n) is 27.4. The fourth-order valence-electron chi connectivity index (χ4n) is 6.66. The number of phenolic OH excluding ortho intramolecular Hbond substituents is 4. The molecule has 6 heteroatoms. The molecule has 0 aromatic heterocycles. The van der Waals surface area contributed by atoms with Crippen LogP contribution in [0, 0.1) is 6.92 Å². The van der Waals surface area contributed by atoms with Crippen LogP contribution in [0.1, 0.15) is 87.1 Å². The van der Waals surface area contributed by atoms with E-state index < -0.39 is 6.83 Å². The van der Waals surface area contributed by atoms with E-state index in [0.29, 0.717) is 24.0 Å². The van der Waals surface area contributed by atoms with Gasteiger partial charge in [-0.25, -0.2) is 0 Å². The van der Waals surface area contributed by atoms with Gasteiger partial charge in [0.1, 0.15) is 0 Å². The molecule has 0 bridgehead atoms. The van der Waals surface area contributed by atoms with Gasteiger partial charge in [-0.15, -0.1) is 0 Å². The predicted molar refractivity (Wildman–Crippen MR) is 189 cm³/mol. The maximum absolute atomic E-state index is 10.8. The molecule has 4 aromatic carbocycles. The summed E-state index contributed by atoms with van der Waals surface area (Å²) in [6, 6.07) is 24.7. The molecule has 0 radical (unpaired) electrons. The predicted octanol–water partition coefficient (Wildman–Crippen LogP) is 9.57. The number of hydrogen-bond donors (Lipinski definition) is 4. The van der Waals surface area contributed by atoms with Crippen LogP contribution in [0.25, 0.3) is 0 Å². The molecule has 45 heavy (non-hydrogen) atoms. The molecule has 242 valence electrons. The van der Waals surface area contributed by atoms with Crippen LogP contribution in [0.3, 0.4) is 0 Å². The molecule has 0 atom stereocenters. The van der Waals surface area contributed by atoms with Gasteiger partial charge in [-0.2, -0.15) is 0 Å². The monoisotopic (exact) mass is 630 g/mol. The van der Waals surface area contributed by atoms with Crippen molar-refractivity contribution in [2.75, 3.05) is 18.5 Å². The van der Waals surface area contributed by atoms with E-state index in [4.69, 9.17) is 4.52 Å². The number of hydrogen-bond acceptors (Lipinski definition) is 5. The second kappa shape index (κ2) is 15.1. The van der Waals surface area contributed by atoms with Crippen molar-refractivity contribution in [1.82, 2.24) is 0 Å². The van der Waals surface area contributed by atoms with Gasteiger partial charge in [0.2, 0.25) is 0 Å². The van der Waals surface area contributed by atoms with E-state index in [1.165, 1.54) is 17.4 Å². The maximum atomic E-state index is 10.8. The van der Waals surface area contributed by atoms with Gasteiger partial charge in [-0.3, -0.25) is 0 Å². The quantitative estimate of drug-likeness (QED) is 0.0926. The van der Waals surface area contributed by atoms with Crippen molar-refractivity contribution >= 4 is 12.1 Å². The van der Waals surface area contributed by atoms with Gasteiger partial charge < -0.3 is 0 Å². The second-order valence-corrected chi connectivity index (χ2v) is 18.0.